The summed E-state index contributed by atoms with van der Waals surface area (Å²) in [6, 6.07) is 5.59. The average Bonchev–Trinajstić information content (AvgIpc) is 2.21. The van der Waals surface area contributed by atoms with E-state index in [9.17, 15) is 0 Å². The van der Waals surface area contributed by atoms with E-state index in [0.717, 1.165) is 40.4 Å². The van der Waals surface area contributed by atoms with E-state index in [-0.39, 0.29) is 0 Å². The van der Waals surface area contributed by atoms with Crippen LogP contribution in [-0.2, 0) is 6.54 Å². The summed E-state index contributed by atoms with van der Waals surface area (Å²) in [5, 5.41) is 5.85. The van der Waals surface area contributed by atoms with Gasteiger partial charge in [-0.15, -0.1) is 0 Å². The van der Waals surface area contributed by atoms with Crippen LogP contribution in [0.15, 0.2) is 18.2 Å². The van der Waals surface area contributed by atoms with Gasteiger partial charge in [0.05, 0.1) is 0 Å². The molecule has 0 radical (unpaired) electrons. The number of unbranched alkanes of at least 4 members (excludes halogenated alkanes) is 1. The first-order valence-electron chi connectivity index (χ1n) is 4.95. The lowest BCUT2D eigenvalue weighted by Crippen LogP contribution is -2.15. The van der Waals surface area contributed by atoms with Gasteiger partial charge >= 0.3 is 0 Å². The molecule has 0 saturated heterocycles. The molecule has 1 aromatic rings. The van der Waals surface area contributed by atoms with Crippen LogP contribution in [0.5, 0.6) is 0 Å². The number of hydrogen-bond donors (Lipinski definition) is 1. The molecule has 1 rings (SSSR count). The largest absolute Gasteiger partial charge is 0.313 e. The highest BCUT2D eigenvalue weighted by molar-refractivity contribution is 9.09. The predicted molar refractivity (Wildman–Crippen MR) is 71.2 cm³/mol. The summed E-state index contributed by atoms with van der Waals surface area (Å²) in [5.74, 6) is 0. The number of nitrogens with one attached hydrogen (secondary N) is 1. The maximum absolute atomic E-state index is 6.04. The van der Waals surface area contributed by atoms with E-state index in [1.165, 1.54) is 6.42 Å². The van der Waals surface area contributed by atoms with Crippen molar-refractivity contribution in [1.82, 2.24) is 5.32 Å². The third-order valence-electron chi connectivity index (χ3n) is 2.10. The lowest BCUT2D eigenvalue weighted by atomic mass is 10.2. The van der Waals surface area contributed by atoms with Crippen LogP contribution in [0.4, 0.5) is 0 Å². The molecule has 84 valence electrons. The van der Waals surface area contributed by atoms with E-state index < -0.39 is 0 Å². The van der Waals surface area contributed by atoms with Crippen molar-refractivity contribution in [2.45, 2.75) is 19.4 Å². The van der Waals surface area contributed by atoms with Crippen molar-refractivity contribution < 1.29 is 0 Å². The summed E-state index contributed by atoms with van der Waals surface area (Å²) in [6.45, 7) is 1.73. The van der Waals surface area contributed by atoms with Gasteiger partial charge in [-0.2, -0.15) is 0 Å². The second-order valence-corrected chi connectivity index (χ2v) is 4.88. The number of alkyl halides is 1. The SMILES string of the molecule is Clc1cccc(Cl)c1CNCCCCBr. The number of hydrogen-bond acceptors (Lipinski definition) is 1. The van der Waals surface area contributed by atoms with Crippen LogP contribution in [-0.4, -0.2) is 11.9 Å². The van der Waals surface area contributed by atoms with Crippen LogP contribution in [0.1, 0.15) is 18.4 Å². The van der Waals surface area contributed by atoms with E-state index in [2.05, 4.69) is 21.2 Å². The molecule has 0 aliphatic carbocycles. The topological polar surface area (TPSA) is 12.0 Å². The van der Waals surface area contributed by atoms with Crippen molar-refractivity contribution in [2.24, 2.45) is 0 Å². The molecule has 0 fully saturated rings. The van der Waals surface area contributed by atoms with Crippen molar-refractivity contribution in [3.63, 3.8) is 0 Å². The van der Waals surface area contributed by atoms with Crippen molar-refractivity contribution in [3.05, 3.63) is 33.8 Å². The molecule has 1 nitrogen and oxygen atoms in total. The Kier molecular flexibility index (Phi) is 6.66. The molecule has 15 heavy (non-hydrogen) atoms. The maximum atomic E-state index is 6.04. The van der Waals surface area contributed by atoms with Crippen molar-refractivity contribution in [3.8, 4) is 0 Å². The van der Waals surface area contributed by atoms with Crippen molar-refractivity contribution >= 4 is 39.1 Å². The van der Waals surface area contributed by atoms with Gasteiger partial charge in [0.2, 0.25) is 0 Å². The monoisotopic (exact) mass is 309 g/mol. The van der Waals surface area contributed by atoms with E-state index in [4.69, 9.17) is 23.2 Å². The molecule has 0 amide bonds. The first-order chi connectivity index (χ1) is 7.25. The molecule has 0 bridgehead atoms. The van der Waals surface area contributed by atoms with E-state index in [1.54, 1.807) is 0 Å². The highest BCUT2D eigenvalue weighted by atomic mass is 79.9. The Morgan fingerprint density at radius 1 is 1.13 bits per heavy atom. The molecule has 0 aliphatic heterocycles. The number of halogens is 3. The quantitative estimate of drug-likeness (QED) is 0.611. The zero-order valence-corrected chi connectivity index (χ0v) is 11.5. The van der Waals surface area contributed by atoms with Gasteiger partial charge in [-0.3, -0.25) is 0 Å². The maximum Gasteiger partial charge on any atom is 0.0465 e. The first kappa shape index (κ1) is 13.3. The fourth-order valence-electron chi connectivity index (χ4n) is 1.26. The normalized spacial score (nSPS) is 10.6. The fourth-order valence-corrected chi connectivity index (χ4v) is 2.19. The van der Waals surface area contributed by atoms with Gasteiger partial charge in [-0.1, -0.05) is 45.2 Å². The Morgan fingerprint density at radius 3 is 2.40 bits per heavy atom. The molecule has 1 aromatic carbocycles. The van der Waals surface area contributed by atoms with Crippen LogP contribution < -0.4 is 5.32 Å². The number of benzene rings is 1. The molecular formula is C11H14BrCl2N. The summed E-state index contributed by atoms with van der Waals surface area (Å²) in [7, 11) is 0. The summed E-state index contributed by atoms with van der Waals surface area (Å²) < 4.78 is 0. The Hall–Kier alpha value is 0.240. The van der Waals surface area contributed by atoms with Gasteiger partial charge in [0.15, 0.2) is 0 Å². The van der Waals surface area contributed by atoms with E-state index in [1.807, 2.05) is 18.2 Å². The molecule has 0 aliphatic rings. The third-order valence-corrected chi connectivity index (χ3v) is 3.37. The highest BCUT2D eigenvalue weighted by Gasteiger charge is 2.03. The molecule has 0 unspecified atom stereocenters. The smallest absolute Gasteiger partial charge is 0.0465 e. The van der Waals surface area contributed by atoms with Gasteiger partial charge in [-0.25, -0.2) is 0 Å². The predicted octanol–water partition coefficient (Wildman–Crippen LogP) is 4.26. The summed E-state index contributed by atoms with van der Waals surface area (Å²) in [4.78, 5) is 0. The Labute approximate surface area is 109 Å². The number of rotatable bonds is 6. The molecule has 1 N–H and O–H groups in total. The summed E-state index contributed by atoms with van der Waals surface area (Å²) >= 11 is 15.5. The van der Waals surface area contributed by atoms with E-state index >= 15 is 0 Å². The highest BCUT2D eigenvalue weighted by Crippen LogP contribution is 2.23. The van der Waals surface area contributed by atoms with Gasteiger partial charge in [-0.05, 0) is 31.5 Å². The first-order valence-corrected chi connectivity index (χ1v) is 6.83. The zero-order chi connectivity index (χ0) is 11.1. The lowest BCUT2D eigenvalue weighted by Gasteiger charge is -2.08. The molecule has 0 spiro atoms. The van der Waals surface area contributed by atoms with Gasteiger partial charge in [0.1, 0.15) is 0 Å². The third kappa shape index (κ3) is 4.73. The summed E-state index contributed by atoms with van der Waals surface area (Å²) in [5.41, 5.74) is 0.986. The van der Waals surface area contributed by atoms with Gasteiger partial charge < -0.3 is 5.32 Å². The minimum atomic E-state index is 0.732. The molecule has 0 saturated carbocycles. The van der Waals surface area contributed by atoms with E-state index in [0.29, 0.717) is 0 Å². The molecule has 0 heterocycles. The lowest BCUT2D eigenvalue weighted by molar-refractivity contribution is 0.645. The van der Waals surface area contributed by atoms with Crippen LogP contribution in [0, 0.1) is 0 Å². The summed E-state index contributed by atoms with van der Waals surface area (Å²) in [6.07, 6.45) is 2.34. The second kappa shape index (κ2) is 7.50. The van der Waals surface area contributed by atoms with Crippen molar-refractivity contribution in [1.29, 1.82) is 0 Å². The average molecular weight is 311 g/mol. The molecule has 0 aromatic heterocycles. The molecule has 0 atom stereocenters. The van der Waals surface area contributed by atoms with Gasteiger partial charge in [0, 0.05) is 27.5 Å². The molecule has 4 heteroatoms. The Morgan fingerprint density at radius 2 is 1.80 bits per heavy atom. The fraction of sp³-hybridized carbons (Fsp3) is 0.455. The van der Waals surface area contributed by atoms with Crippen molar-refractivity contribution in [2.75, 3.05) is 11.9 Å². The Bertz CT molecular complexity index is 284. The van der Waals surface area contributed by atoms with Crippen LogP contribution in [0.2, 0.25) is 10.0 Å². The Balaban J connectivity index is 2.37. The standard InChI is InChI=1S/C11H14BrCl2N/c12-6-1-2-7-15-8-9-10(13)4-3-5-11(9)14/h3-5,15H,1-2,6-8H2. The van der Waals surface area contributed by atoms with Gasteiger partial charge in [0.25, 0.3) is 0 Å². The minimum absolute atomic E-state index is 0.732. The zero-order valence-electron chi connectivity index (χ0n) is 8.40. The van der Waals surface area contributed by atoms with Crippen LogP contribution >= 0.6 is 39.1 Å². The minimum Gasteiger partial charge on any atom is -0.313 e. The van der Waals surface area contributed by atoms with Crippen LogP contribution in [0.25, 0.3) is 0 Å². The van der Waals surface area contributed by atoms with Crippen LogP contribution in [0.3, 0.4) is 0 Å². The molecular weight excluding hydrogens is 297 g/mol. The second-order valence-electron chi connectivity index (χ2n) is 3.27.